The van der Waals surface area contributed by atoms with E-state index in [1.54, 1.807) is 19.2 Å². The summed E-state index contributed by atoms with van der Waals surface area (Å²) >= 11 is 6.01. The average molecular weight is 383 g/mol. The highest BCUT2D eigenvalue weighted by Gasteiger charge is 2.07. The molecule has 0 bridgehead atoms. The molecule has 1 heterocycles. The van der Waals surface area contributed by atoms with Crippen LogP contribution >= 0.6 is 11.6 Å². The van der Waals surface area contributed by atoms with Gasteiger partial charge in [0.2, 0.25) is 5.89 Å². The molecule has 0 aliphatic carbocycles. The van der Waals surface area contributed by atoms with E-state index in [0.29, 0.717) is 29.8 Å². The van der Waals surface area contributed by atoms with Crippen molar-refractivity contribution in [2.24, 2.45) is 0 Å². The topological polar surface area (TPSA) is 64.4 Å². The van der Waals surface area contributed by atoms with Crippen molar-refractivity contribution in [1.29, 1.82) is 0 Å². The second kappa shape index (κ2) is 9.05. The van der Waals surface area contributed by atoms with Gasteiger partial charge < -0.3 is 14.5 Å². The largest absolute Gasteiger partial charge is 0.463 e. The number of carbonyl (C=O) groups excluding carboxylic acids is 1. The Bertz CT molecular complexity index is 933. The van der Waals surface area contributed by atoms with E-state index < -0.39 is 0 Å². The van der Waals surface area contributed by atoms with E-state index in [4.69, 9.17) is 20.8 Å². The van der Waals surface area contributed by atoms with Crippen molar-refractivity contribution in [3.63, 3.8) is 0 Å². The third-order valence-electron chi connectivity index (χ3n) is 3.72. The van der Waals surface area contributed by atoms with E-state index in [2.05, 4.69) is 10.3 Å². The van der Waals surface area contributed by atoms with Crippen molar-refractivity contribution >= 4 is 29.3 Å². The SMILES string of the molecule is CCOC(=O)/C=C/c1ccc(NCc2ncc(-c3cccc(Cl)c3)o2)cc1. The summed E-state index contributed by atoms with van der Waals surface area (Å²) < 4.78 is 10.6. The number of oxazole rings is 1. The Labute approximate surface area is 162 Å². The molecule has 2 aromatic carbocycles. The van der Waals surface area contributed by atoms with Crippen LogP contribution in [0, 0.1) is 0 Å². The maximum atomic E-state index is 11.3. The number of carbonyl (C=O) groups is 1. The highest BCUT2D eigenvalue weighted by molar-refractivity contribution is 6.30. The molecular formula is C21H19ClN2O3. The Morgan fingerprint density at radius 3 is 2.81 bits per heavy atom. The van der Waals surface area contributed by atoms with E-state index in [0.717, 1.165) is 16.8 Å². The first kappa shape index (κ1) is 18.7. The van der Waals surface area contributed by atoms with Crippen LogP contribution < -0.4 is 5.32 Å². The number of esters is 1. The molecular weight excluding hydrogens is 364 g/mol. The number of halogens is 1. The number of aromatic nitrogens is 1. The van der Waals surface area contributed by atoms with Crippen LogP contribution in [-0.2, 0) is 16.1 Å². The molecule has 3 aromatic rings. The van der Waals surface area contributed by atoms with Gasteiger partial charge in [-0.2, -0.15) is 0 Å². The predicted octanol–water partition coefficient (Wildman–Crippen LogP) is 5.18. The molecule has 138 valence electrons. The zero-order valence-corrected chi connectivity index (χ0v) is 15.6. The minimum atomic E-state index is -0.348. The molecule has 0 radical (unpaired) electrons. The van der Waals surface area contributed by atoms with Gasteiger partial charge in [-0.25, -0.2) is 9.78 Å². The van der Waals surface area contributed by atoms with E-state index in [9.17, 15) is 4.79 Å². The summed E-state index contributed by atoms with van der Waals surface area (Å²) in [6, 6.07) is 15.1. The molecule has 1 aromatic heterocycles. The van der Waals surface area contributed by atoms with Crippen molar-refractivity contribution < 1.29 is 13.9 Å². The highest BCUT2D eigenvalue weighted by atomic mass is 35.5. The Morgan fingerprint density at radius 1 is 1.26 bits per heavy atom. The molecule has 27 heavy (non-hydrogen) atoms. The summed E-state index contributed by atoms with van der Waals surface area (Å²) in [4.78, 5) is 15.6. The lowest BCUT2D eigenvalue weighted by Gasteiger charge is -2.04. The van der Waals surface area contributed by atoms with E-state index in [1.807, 2.05) is 48.5 Å². The van der Waals surface area contributed by atoms with Gasteiger partial charge in [-0.3, -0.25) is 0 Å². The number of anilines is 1. The lowest BCUT2D eigenvalue weighted by Crippen LogP contribution is -1.99. The molecule has 0 spiro atoms. The fourth-order valence-corrected chi connectivity index (χ4v) is 2.60. The van der Waals surface area contributed by atoms with Crippen molar-refractivity contribution in [1.82, 2.24) is 4.98 Å². The number of ether oxygens (including phenoxy) is 1. The van der Waals surface area contributed by atoms with Gasteiger partial charge in [0.1, 0.15) is 0 Å². The number of rotatable bonds is 7. The van der Waals surface area contributed by atoms with Gasteiger partial charge in [-0.1, -0.05) is 35.9 Å². The molecule has 0 unspecified atom stereocenters. The summed E-state index contributed by atoms with van der Waals surface area (Å²) in [5.74, 6) is 0.907. The number of hydrogen-bond acceptors (Lipinski definition) is 5. The third-order valence-corrected chi connectivity index (χ3v) is 3.95. The van der Waals surface area contributed by atoms with E-state index >= 15 is 0 Å². The predicted molar refractivity (Wildman–Crippen MR) is 106 cm³/mol. The molecule has 0 aliphatic heterocycles. The van der Waals surface area contributed by atoms with Crippen molar-refractivity contribution in [3.8, 4) is 11.3 Å². The quantitative estimate of drug-likeness (QED) is 0.450. The molecule has 1 N–H and O–H groups in total. The highest BCUT2D eigenvalue weighted by Crippen LogP contribution is 2.23. The summed E-state index contributed by atoms with van der Waals surface area (Å²) in [6.45, 7) is 2.60. The minimum absolute atomic E-state index is 0.348. The molecule has 5 nitrogen and oxygen atoms in total. The first-order chi connectivity index (χ1) is 13.1. The summed E-state index contributed by atoms with van der Waals surface area (Å²) in [6.07, 6.45) is 4.81. The van der Waals surface area contributed by atoms with Crippen LogP contribution in [0.4, 0.5) is 5.69 Å². The Balaban J connectivity index is 1.57. The first-order valence-electron chi connectivity index (χ1n) is 8.53. The monoisotopic (exact) mass is 382 g/mol. The van der Waals surface area contributed by atoms with Gasteiger partial charge in [0.15, 0.2) is 5.76 Å². The second-order valence-electron chi connectivity index (χ2n) is 5.69. The Morgan fingerprint density at radius 2 is 2.07 bits per heavy atom. The molecule has 6 heteroatoms. The Hall–Kier alpha value is -3.05. The van der Waals surface area contributed by atoms with Gasteiger partial charge >= 0.3 is 5.97 Å². The molecule has 0 saturated carbocycles. The molecule has 0 amide bonds. The van der Waals surface area contributed by atoms with Crippen LogP contribution in [0.5, 0.6) is 0 Å². The van der Waals surface area contributed by atoms with E-state index in [1.165, 1.54) is 6.08 Å². The molecule has 3 rings (SSSR count). The lowest BCUT2D eigenvalue weighted by atomic mass is 10.2. The zero-order chi connectivity index (χ0) is 19.1. The number of nitrogens with zero attached hydrogens (tertiary/aromatic N) is 1. The van der Waals surface area contributed by atoms with Crippen LogP contribution in [0.25, 0.3) is 17.4 Å². The van der Waals surface area contributed by atoms with Crippen LogP contribution in [0.1, 0.15) is 18.4 Å². The number of hydrogen-bond donors (Lipinski definition) is 1. The van der Waals surface area contributed by atoms with Crippen LogP contribution in [0.15, 0.2) is 65.2 Å². The van der Waals surface area contributed by atoms with Crippen LogP contribution in [0.3, 0.4) is 0 Å². The summed E-state index contributed by atoms with van der Waals surface area (Å²) in [5.41, 5.74) is 2.72. The van der Waals surface area contributed by atoms with Gasteiger partial charge in [0.05, 0.1) is 19.3 Å². The fraction of sp³-hybridized carbons (Fsp3) is 0.143. The summed E-state index contributed by atoms with van der Waals surface area (Å²) in [5, 5.41) is 3.90. The van der Waals surface area contributed by atoms with Crippen LogP contribution in [0.2, 0.25) is 5.02 Å². The number of nitrogens with one attached hydrogen (secondary N) is 1. The fourth-order valence-electron chi connectivity index (χ4n) is 2.41. The number of benzene rings is 2. The van der Waals surface area contributed by atoms with Gasteiger partial charge in [0, 0.05) is 22.3 Å². The first-order valence-corrected chi connectivity index (χ1v) is 8.91. The normalized spacial score (nSPS) is 10.9. The maximum absolute atomic E-state index is 11.3. The molecule has 0 atom stereocenters. The average Bonchev–Trinajstić information content (AvgIpc) is 3.15. The molecule has 0 saturated heterocycles. The summed E-state index contributed by atoms with van der Waals surface area (Å²) in [7, 11) is 0. The molecule has 0 fully saturated rings. The van der Waals surface area contributed by atoms with Crippen molar-refractivity contribution in [3.05, 3.63) is 77.3 Å². The Kier molecular flexibility index (Phi) is 6.28. The van der Waals surface area contributed by atoms with Crippen LogP contribution in [-0.4, -0.2) is 17.6 Å². The van der Waals surface area contributed by atoms with E-state index in [-0.39, 0.29) is 5.97 Å². The lowest BCUT2D eigenvalue weighted by molar-refractivity contribution is -0.137. The maximum Gasteiger partial charge on any atom is 0.330 e. The van der Waals surface area contributed by atoms with Gasteiger partial charge in [-0.15, -0.1) is 0 Å². The van der Waals surface area contributed by atoms with Crippen molar-refractivity contribution in [2.45, 2.75) is 13.5 Å². The second-order valence-corrected chi connectivity index (χ2v) is 6.13. The van der Waals surface area contributed by atoms with Gasteiger partial charge in [0.25, 0.3) is 0 Å². The third kappa shape index (κ3) is 5.46. The zero-order valence-electron chi connectivity index (χ0n) is 14.8. The smallest absolute Gasteiger partial charge is 0.330 e. The minimum Gasteiger partial charge on any atom is -0.463 e. The van der Waals surface area contributed by atoms with Gasteiger partial charge in [-0.05, 0) is 42.8 Å². The van der Waals surface area contributed by atoms with Crippen molar-refractivity contribution in [2.75, 3.05) is 11.9 Å². The molecule has 0 aliphatic rings. The standard InChI is InChI=1S/C21H19ClN2O3/c1-2-26-21(25)11-8-15-6-9-18(10-7-15)23-14-20-24-13-19(27-20)16-4-3-5-17(22)12-16/h3-13,23H,2,14H2,1H3/b11-8+.